The molecule has 1 fully saturated rings. The number of hydrogen-bond donors (Lipinski definition) is 1. The van der Waals surface area contributed by atoms with E-state index in [0.29, 0.717) is 12.5 Å². The van der Waals surface area contributed by atoms with Gasteiger partial charge in [0.2, 0.25) is 0 Å². The van der Waals surface area contributed by atoms with Gasteiger partial charge in [0.1, 0.15) is 0 Å². The summed E-state index contributed by atoms with van der Waals surface area (Å²) >= 11 is 1.69. The zero-order chi connectivity index (χ0) is 13.7. The van der Waals surface area contributed by atoms with Gasteiger partial charge in [0.25, 0.3) is 0 Å². The molecule has 0 aromatic carbocycles. The first-order valence-electron chi connectivity index (χ1n) is 6.74. The highest BCUT2D eigenvalue weighted by atomic mass is 32.1. The second-order valence-corrected chi connectivity index (χ2v) is 6.07. The Hall–Kier alpha value is -0.910. The van der Waals surface area contributed by atoms with E-state index in [4.69, 9.17) is 4.74 Å². The molecule has 2 rings (SSSR count). The van der Waals surface area contributed by atoms with Gasteiger partial charge in [0, 0.05) is 10.9 Å². The molecule has 1 saturated heterocycles. The quantitative estimate of drug-likeness (QED) is 0.839. The van der Waals surface area contributed by atoms with Crippen LogP contribution in [0.25, 0.3) is 0 Å². The minimum atomic E-state index is -0.154. The molecule has 1 aliphatic rings. The molecule has 0 spiro atoms. The van der Waals surface area contributed by atoms with Crippen LogP contribution >= 0.6 is 11.3 Å². The summed E-state index contributed by atoms with van der Waals surface area (Å²) in [5, 5.41) is 5.68. The minimum Gasteiger partial charge on any atom is -0.469 e. The Morgan fingerprint density at radius 1 is 1.58 bits per heavy atom. The van der Waals surface area contributed by atoms with Crippen molar-refractivity contribution in [3.8, 4) is 0 Å². The number of hydrogen-bond acceptors (Lipinski definition) is 5. The molecule has 0 amide bonds. The van der Waals surface area contributed by atoms with Crippen LogP contribution in [0.4, 0.5) is 0 Å². The van der Waals surface area contributed by atoms with E-state index >= 15 is 0 Å². The van der Waals surface area contributed by atoms with Gasteiger partial charge in [-0.2, -0.15) is 0 Å². The minimum absolute atomic E-state index is 0.0841. The topological polar surface area (TPSA) is 41.6 Å². The van der Waals surface area contributed by atoms with E-state index in [1.807, 2.05) is 6.07 Å². The molecule has 1 aliphatic heterocycles. The molecular weight excluding hydrogens is 260 g/mol. The average molecular weight is 282 g/mol. The SMILES string of the molecule is COC(=O)CC(NC1CCN(C)CC1)c1cccs1. The average Bonchev–Trinajstić information content (AvgIpc) is 2.94. The zero-order valence-corrected chi connectivity index (χ0v) is 12.4. The third kappa shape index (κ3) is 4.30. The first-order chi connectivity index (χ1) is 9.19. The molecule has 0 bridgehead atoms. The van der Waals surface area contributed by atoms with Crippen molar-refractivity contribution in [3.05, 3.63) is 22.4 Å². The number of rotatable bonds is 5. The summed E-state index contributed by atoms with van der Waals surface area (Å²) in [6.07, 6.45) is 2.68. The maximum Gasteiger partial charge on any atom is 0.307 e. The number of methoxy groups -OCH3 is 1. The largest absolute Gasteiger partial charge is 0.469 e. The number of esters is 1. The van der Waals surface area contributed by atoms with Crippen molar-refractivity contribution in [2.75, 3.05) is 27.2 Å². The fourth-order valence-corrected chi connectivity index (χ4v) is 3.23. The van der Waals surface area contributed by atoms with Crippen molar-refractivity contribution < 1.29 is 9.53 Å². The van der Waals surface area contributed by atoms with Crippen molar-refractivity contribution in [2.24, 2.45) is 0 Å². The van der Waals surface area contributed by atoms with Crippen LogP contribution in [0.15, 0.2) is 17.5 Å². The van der Waals surface area contributed by atoms with Gasteiger partial charge in [-0.3, -0.25) is 4.79 Å². The third-order valence-corrected chi connectivity index (χ3v) is 4.63. The van der Waals surface area contributed by atoms with Gasteiger partial charge in [-0.05, 0) is 44.4 Å². The van der Waals surface area contributed by atoms with Gasteiger partial charge < -0.3 is 15.0 Å². The van der Waals surface area contributed by atoms with E-state index in [1.54, 1.807) is 11.3 Å². The lowest BCUT2D eigenvalue weighted by molar-refractivity contribution is -0.141. The first kappa shape index (κ1) is 14.5. The van der Waals surface area contributed by atoms with Crippen LogP contribution in [0.1, 0.15) is 30.2 Å². The molecule has 1 N–H and O–H groups in total. The Morgan fingerprint density at radius 2 is 2.32 bits per heavy atom. The second kappa shape index (κ2) is 7.03. The molecule has 1 aromatic heterocycles. The Labute approximate surface area is 118 Å². The van der Waals surface area contributed by atoms with Crippen LogP contribution in [0.3, 0.4) is 0 Å². The van der Waals surface area contributed by atoms with Gasteiger partial charge >= 0.3 is 5.97 Å². The molecule has 1 aromatic rings. The smallest absolute Gasteiger partial charge is 0.307 e. The number of nitrogens with one attached hydrogen (secondary N) is 1. The summed E-state index contributed by atoms with van der Waals surface area (Å²) in [6.45, 7) is 2.24. The molecule has 19 heavy (non-hydrogen) atoms. The Balaban J connectivity index is 1.95. The molecule has 2 heterocycles. The molecule has 106 valence electrons. The van der Waals surface area contributed by atoms with E-state index in [9.17, 15) is 4.79 Å². The Morgan fingerprint density at radius 3 is 2.89 bits per heavy atom. The van der Waals surface area contributed by atoms with Crippen LogP contribution in [0.2, 0.25) is 0 Å². The molecule has 1 atom stereocenters. The molecule has 0 saturated carbocycles. The Bertz CT molecular complexity index is 386. The zero-order valence-electron chi connectivity index (χ0n) is 11.6. The maximum absolute atomic E-state index is 11.5. The number of carbonyl (C=O) groups excluding carboxylic acids is 1. The number of nitrogens with zero attached hydrogens (tertiary/aromatic N) is 1. The van der Waals surface area contributed by atoms with E-state index in [0.717, 1.165) is 25.9 Å². The number of carbonyl (C=O) groups is 1. The van der Waals surface area contributed by atoms with Gasteiger partial charge in [-0.25, -0.2) is 0 Å². The summed E-state index contributed by atoms with van der Waals surface area (Å²) in [5.41, 5.74) is 0. The summed E-state index contributed by atoms with van der Waals surface area (Å²) in [6, 6.07) is 4.69. The predicted octanol–water partition coefficient (Wildman–Crippen LogP) is 2.04. The standard InChI is InChI=1S/C14H22N2O2S/c1-16-7-5-11(6-8-16)15-12(10-14(17)18-2)13-4-3-9-19-13/h3-4,9,11-12,15H,5-8,10H2,1-2H3. The lowest BCUT2D eigenvalue weighted by Crippen LogP contribution is -2.42. The molecule has 0 aliphatic carbocycles. The first-order valence-corrected chi connectivity index (χ1v) is 7.62. The third-order valence-electron chi connectivity index (χ3n) is 3.64. The van der Waals surface area contributed by atoms with E-state index in [-0.39, 0.29) is 12.0 Å². The van der Waals surface area contributed by atoms with Crippen molar-refractivity contribution in [2.45, 2.75) is 31.3 Å². The van der Waals surface area contributed by atoms with Crippen LogP contribution in [-0.4, -0.2) is 44.2 Å². The fraction of sp³-hybridized carbons (Fsp3) is 0.643. The molecular formula is C14H22N2O2S. The highest BCUT2D eigenvalue weighted by molar-refractivity contribution is 7.10. The highest BCUT2D eigenvalue weighted by Crippen LogP contribution is 2.24. The van der Waals surface area contributed by atoms with Crippen LogP contribution in [0, 0.1) is 0 Å². The van der Waals surface area contributed by atoms with Gasteiger partial charge in [-0.1, -0.05) is 6.07 Å². The monoisotopic (exact) mass is 282 g/mol. The summed E-state index contributed by atoms with van der Waals surface area (Å²) < 4.78 is 4.80. The highest BCUT2D eigenvalue weighted by Gasteiger charge is 2.23. The van der Waals surface area contributed by atoms with E-state index < -0.39 is 0 Å². The molecule has 5 heteroatoms. The maximum atomic E-state index is 11.5. The molecule has 0 radical (unpaired) electrons. The van der Waals surface area contributed by atoms with Crippen LogP contribution in [-0.2, 0) is 9.53 Å². The summed E-state index contributed by atoms with van der Waals surface area (Å²) in [7, 11) is 3.60. The van der Waals surface area contributed by atoms with Crippen molar-refractivity contribution in [3.63, 3.8) is 0 Å². The lowest BCUT2D eigenvalue weighted by Gasteiger charge is -2.32. The van der Waals surface area contributed by atoms with Gasteiger partial charge in [0.15, 0.2) is 0 Å². The predicted molar refractivity (Wildman–Crippen MR) is 77.3 cm³/mol. The van der Waals surface area contributed by atoms with Crippen LogP contribution in [0.5, 0.6) is 0 Å². The van der Waals surface area contributed by atoms with E-state index in [1.165, 1.54) is 12.0 Å². The Kier molecular flexibility index (Phi) is 5.36. The van der Waals surface area contributed by atoms with Gasteiger partial charge in [0.05, 0.1) is 19.6 Å². The second-order valence-electron chi connectivity index (χ2n) is 5.09. The van der Waals surface area contributed by atoms with Crippen molar-refractivity contribution in [1.82, 2.24) is 10.2 Å². The van der Waals surface area contributed by atoms with Crippen molar-refractivity contribution >= 4 is 17.3 Å². The van der Waals surface area contributed by atoms with Crippen LogP contribution < -0.4 is 5.32 Å². The molecule has 1 unspecified atom stereocenters. The lowest BCUT2D eigenvalue weighted by atomic mass is 10.0. The number of piperidine rings is 1. The van der Waals surface area contributed by atoms with Gasteiger partial charge in [-0.15, -0.1) is 11.3 Å². The number of likely N-dealkylation sites (tertiary alicyclic amines) is 1. The normalized spacial score (nSPS) is 19.3. The molecule has 4 nitrogen and oxygen atoms in total. The van der Waals surface area contributed by atoms with Crippen molar-refractivity contribution in [1.29, 1.82) is 0 Å². The number of ether oxygens (including phenoxy) is 1. The fourth-order valence-electron chi connectivity index (χ4n) is 2.44. The summed E-state index contributed by atoms with van der Waals surface area (Å²) in [4.78, 5) is 15.1. The summed E-state index contributed by atoms with van der Waals surface area (Å²) in [5.74, 6) is -0.154. The van der Waals surface area contributed by atoms with E-state index in [2.05, 4.69) is 28.7 Å². The number of thiophene rings is 1.